The van der Waals surface area contributed by atoms with E-state index in [0.29, 0.717) is 24.9 Å². The standard InChI is InChI=1S/C15H20N2O3/c1-2-5-12(16)14(18)17-9-8-10-6-3-4-7-11(10)13(17)15(19)20/h3-4,6-7,12-13H,2,5,8-9,16H2,1H3,(H,19,20)/t12-,13?/m1/s1. The Hall–Kier alpha value is -1.88. The lowest BCUT2D eigenvalue weighted by Gasteiger charge is -2.36. The molecule has 3 N–H and O–H groups in total. The number of hydrogen-bond acceptors (Lipinski definition) is 3. The molecule has 5 heteroatoms. The minimum Gasteiger partial charge on any atom is -0.479 e. The molecule has 0 saturated carbocycles. The van der Waals surface area contributed by atoms with E-state index in [-0.39, 0.29) is 5.91 Å². The van der Waals surface area contributed by atoms with Crippen LogP contribution in [0.2, 0.25) is 0 Å². The first kappa shape index (κ1) is 14.5. The average Bonchev–Trinajstić information content (AvgIpc) is 2.45. The van der Waals surface area contributed by atoms with Crippen LogP contribution in [-0.4, -0.2) is 34.5 Å². The lowest BCUT2D eigenvalue weighted by atomic mass is 9.92. The molecule has 108 valence electrons. The predicted octanol–water partition coefficient (Wildman–Crippen LogP) is 1.32. The van der Waals surface area contributed by atoms with Crippen molar-refractivity contribution in [3.05, 3.63) is 35.4 Å². The van der Waals surface area contributed by atoms with Gasteiger partial charge in [0.2, 0.25) is 5.91 Å². The van der Waals surface area contributed by atoms with E-state index in [4.69, 9.17) is 5.73 Å². The van der Waals surface area contributed by atoms with Crippen molar-refractivity contribution in [1.82, 2.24) is 4.90 Å². The van der Waals surface area contributed by atoms with Crippen LogP contribution in [0, 0.1) is 0 Å². The molecule has 1 aliphatic rings. The maximum Gasteiger partial charge on any atom is 0.331 e. The second-order valence-electron chi connectivity index (χ2n) is 5.12. The summed E-state index contributed by atoms with van der Waals surface area (Å²) in [5.74, 6) is -1.28. The number of aliphatic carboxylic acids is 1. The number of hydrogen-bond donors (Lipinski definition) is 2. The third-order valence-corrected chi connectivity index (χ3v) is 3.72. The van der Waals surface area contributed by atoms with Crippen molar-refractivity contribution in [3.8, 4) is 0 Å². The van der Waals surface area contributed by atoms with Crippen molar-refractivity contribution < 1.29 is 14.7 Å². The summed E-state index contributed by atoms with van der Waals surface area (Å²) in [5, 5.41) is 9.48. The molecule has 1 heterocycles. The van der Waals surface area contributed by atoms with Crippen LogP contribution in [0.4, 0.5) is 0 Å². The van der Waals surface area contributed by atoms with Crippen LogP contribution in [0.1, 0.15) is 36.9 Å². The van der Waals surface area contributed by atoms with Crippen molar-refractivity contribution in [2.45, 2.75) is 38.3 Å². The van der Waals surface area contributed by atoms with E-state index in [9.17, 15) is 14.7 Å². The monoisotopic (exact) mass is 276 g/mol. The fourth-order valence-electron chi connectivity index (χ4n) is 2.72. The minimum atomic E-state index is -1.01. The largest absolute Gasteiger partial charge is 0.479 e. The Morgan fingerprint density at radius 1 is 1.45 bits per heavy atom. The highest BCUT2D eigenvalue weighted by Gasteiger charge is 2.37. The Morgan fingerprint density at radius 3 is 2.80 bits per heavy atom. The van der Waals surface area contributed by atoms with Crippen LogP contribution < -0.4 is 5.73 Å². The topological polar surface area (TPSA) is 83.6 Å². The molecule has 0 radical (unpaired) electrons. The van der Waals surface area contributed by atoms with E-state index in [0.717, 1.165) is 12.0 Å². The highest BCUT2D eigenvalue weighted by atomic mass is 16.4. The van der Waals surface area contributed by atoms with Gasteiger partial charge in [0.25, 0.3) is 0 Å². The lowest BCUT2D eigenvalue weighted by molar-refractivity contribution is -0.151. The molecule has 0 fully saturated rings. The molecule has 2 atom stereocenters. The van der Waals surface area contributed by atoms with Crippen molar-refractivity contribution in [2.75, 3.05) is 6.54 Å². The number of carboxylic acid groups (broad SMARTS) is 1. The quantitative estimate of drug-likeness (QED) is 0.869. The molecule has 20 heavy (non-hydrogen) atoms. The fourth-order valence-corrected chi connectivity index (χ4v) is 2.72. The Morgan fingerprint density at radius 2 is 2.15 bits per heavy atom. The van der Waals surface area contributed by atoms with E-state index in [1.54, 1.807) is 12.1 Å². The van der Waals surface area contributed by atoms with Crippen LogP contribution in [-0.2, 0) is 16.0 Å². The first-order valence-electron chi connectivity index (χ1n) is 6.93. The maximum atomic E-state index is 12.4. The number of benzene rings is 1. The zero-order chi connectivity index (χ0) is 14.7. The molecule has 0 aromatic heterocycles. The zero-order valence-electron chi connectivity index (χ0n) is 11.6. The molecular formula is C15H20N2O3. The number of carbonyl (C=O) groups is 2. The summed E-state index contributed by atoms with van der Waals surface area (Å²) in [5.41, 5.74) is 7.55. The summed E-state index contributed by atoms with van der Waals surface area (Å²) >= 11 is 0. The predicted molar refractivity (Wildman–Crippen MR) is 75.1 cm³/mol. The van der Waals surface area contributed by atoms with Crippen molar-refractivity contribution in [1.29, 1.82) is 0 Å². The number of nitrogens with two attached hydrogens (primary N) is 1. The number of nitrogens with zero attached hydrogens (tertiary/aromatic N) is 1. The number of rotatable bonds is 4. The summed E-state index contributed by atoms with van der Waals surface area (Å²) in [6.07, 6.45) is 2.04. The molecular weight excluding hydrogens is 256 g/mol. The zero-order valence-corrected chi connectivity index (χ0v) is 11.6. The fraction of sp³-hybridized carbons (Fsp3) is 0.467. The van der Waals surface area contributed by atoms with Gasteiger partial charge in [-0.3, -0.25) is 4.79 Å². The van der Waals surface area contributed by atoms with Crippen LogP contribution in [0.15, 0.2) is 24.3 Å². The third kappa shape index (κ3) is 2.67. The van der Waals surface area contributed by atoms with Crippen molar-refractivity contribution in [2.24, 2.45) is 5.73 Å². The second kappa shape index (κ2) is 6.05. The molecule has 1 aromatic carbocycles. The van der Waals surface area contributed by atoms with Crippen LogP contribution in [0.3, 0.4) is 0 Å². The number of fused-ring (bicyclic) bond motifs is 1. The Balaban J connectivity index is 2.31. The van der Waals surface area contributed by atoms with Crippen molar-refractivity contribution >= 4 is 11.9 Å². The van der Waals surface area contributed by atoms with Gasteiger partial charge in [0.15, 0.2) is 6.04 Å². The normalized spacial score (nSPS) is 19.3. The van der Waals surface area contributed by atoms with Gasteiger partial charge in [-0.1, -0.05) is 37.6 Å². The highest BCUT2D eigenvalue weighted by Crippen LogP contribution is 2.30. The van der Waals surface area contributed by atoms with Gasteiger partial charge >= 0.3 is 5.97 Å². The van der Waals surface area contributed by atoms with Gasteiger partial charge in [-0.15, -0.1) is 0 Å². The summed E-state index contributed by atoms with van der Waals surface area (Å²) in [6.45, 7) is 2.36. The third-order valence-electron chi connectivity index (χ3n) is 3.72. The number of carbonyl (C=O) groups excluding carboxylic acids is 1. The summed E-state index contributed by atoms with van der Waals surface area (Å²) in [6, 6.07) is 5.84. The van der Waals surface area contributed by atoms with Gasteiger partial charge < -0.3 is 15.7 Å². The van der Waals surface area contributed by atoms with E-state index < -0.39 is 18.1 Å². The number of amides is 1. The molecule has 0 saturated heterocycles. The molecule has 1 unspecified atom stereocenters. The van der Waals surface area contributed by atoms with Crippen LogP contribution >= 0.6 is 0 Å². The van der Waals surface area contributed by atoms with E-state index in [1.165, 1.54) is 4.90 Å². The average molecular weight is 276 g/mol. The van der Waals surface area contributed by atoms with Gasteiger partial charge in [0, 0.05) is 6.54 Å². The second-order valence-corrected chi connectivity index (χ2v) is 5.12. The van der Waals surface area contributed by atoms with Crippen molar-refractivity contribution in [3.63, 3.8) is 0 Å². The summed E-state index contributed by atoms with van der Waals surface area (Å²) in [7, 11) is 0. The molecule has 0 bridgehead atoms. The van der Waals surface area contributed by atoms with Gasteiger partial charge in [-0.05, 0) is 24.0 Å². The SMILES string of the molecule is CCC[C@@H](N)C(=O)N1CCc2ccccc2C1C(=O)O. The molecule has 2 rings (SSSR count). The molecule has 1 amide bonds. The van der Waals surface area contributed by atoms with Gasteiger partial charge in [0.05, 0.1) is 6.04 Å². The molecule has 0 aliphatic carbocycles. The maximum absolute atomic E-state index is 12.4. The molecule has 5 nitrogen and oxygen atoms in total. The smallest absolute Gasteiger partial charge is 0.331 e. The van der Waals surface area contributed by atoms with Crippen LogP contribution in [0.5, 0.6) is 0 Å². The summed E-state index contributed by atoms with van der Waals surface area (Å²) in [4.78, 5) is 25.3. The Labute approximate surface area is 118 Å². The Bertz CT molecular complexity index is 516. The van der Waals surface area contributed by atoms with E-state index >= 15 is 0 Å². The Kier molecular flexibility index (Phi) is 4.39. The van der Waals surface area contributed by atoms with Gasteiger partial charge in [-0.2, -0.15) is 0 Å². The van der Waals surface area contributed by atoms with Crippen LogP contribution in [0.25, 0.3) is 0 Å². The highest BCUT2D eigenvalue weighted by molar-refractivity contribution is 5.88. The number of carboxylic acids is 1. The van der Waals surface area contributed by atoms with Gasteiger partial charge in [-0.25, -0.2) is 4.79 Å². The van der Waals surface area contributed by atoms with Gasteiger partial charge in [0.1, 0.15) is 0 Å². The molecule has 0 spiro atoms. The van der Waals surface area contributed by atoms with E-state index in [2.05, 4.69) is 0 Å². The first-order valence-corrected chi connectivity index (χ1v) is 6.93. The molecule has 1 aliphatic heterocycles. The first-order chi connectivity index (χ1) is 9.56. The van der Waals surface area contributed by atoms with E-state index in [1.807, 2.05) is 19.1 Å². The lowest BCUT2D eigenvalue weighted by Crippen LogP contribution is -2.50. The molecule has 1 aromatic rings. The minimum absolute atomic E-state index is 0.270. The summed E-state index contributed by atoms with van der Waals surface area (Å²) < 4.78 is 0.